The van der Waals surface area contributed by atoms with Crippen LogP contribution in [0.4, 0.5) is 0 Å². The van der Waals surface area contributed by atoms with Crippen LogP contribution in [0.3, 0.4) is 0 Å². The highest BCUT2D eigenvalue weighted by atomic mass is 16.1. The molecule has 0 unspecified atom stereocenters. The van der Waals surface area contributed by atoms with Crippen LogP contribution < -0.4 is 0 Å². The van der Waals surface area contributed by atoms with E-state index < -0.39 is 0 Å². The minimum absolute atomic E-state index is 0.0187. The molecule has 0 spiro atoms. The van der Waals surface area contributed by atoms with Gasteiger partial charge in [0.1, 0.15) is 12.5 Å². The van der Waals surface area contributed by atoms with E-state index in [1.165, 1.54) is 0 Å². The van der Waals surface area contributed by atoms with Crippen molar-refractivity contribution in [3.63, 3.8) is 0 Å². The monoisotopic (exact) mass is 413 g/mol. The number of fused-ring (bicyclic) bond motifs is 1. The third-order valence-electron chi connectivity index (χ3n) is 6.19. The third kappa shape index (κ3) is 3.50. The topological polar surface area (TPSA) is 55.2 Å². The second-order valence-corrected chi connectivity index (χ2v) is 8.10. The summed E-state index contributed by atoms with van der Waals surface area (Å²) < 4.78 is 2.13. The maximum Gasteiger partial charge on any atom is 0.158 e. The van der Waals surface area contributed by atoms with Crippen LogP contribution in [-0.2, 0) is 16.3 Å². The Morgan fingerprint density at radius 1 is 0.839 bits per heavy atom. The summed E-state index contributed by atoms with van der Waals surface area (Å²) in [7, 11) is 0. The number of Topliss-reactive ketones (excluding diaryl/α,β-unsaturated/α-hetero) is 2. The minimum atomic E-state index is -0.354. The molecule has 158 valence electrons. The molecule has 1 aromatic heterocycles. The van der Waals surface area contributed by atoms with Gasteiger partial charge in [0.05, 0.1) is 11.0 Å². The van der Waals surface area contributed by atoms with Crippen LogP contribution in [0.5, 0.6) is 0 Å². The molecule has 3 aromatic rings. The van der Waals surface area contributed by atoms with Gasteiger partial charge < -0.3 is 9.47 Å². The molecule has 0 N–H and O–H groups in total. The molecular formula is C26H27N3O2. The van der Waals surface area contributed by atoms with Gasteiger partial charge in [-0.15, -0.1) is 0 Å². The highest BCUT2D eigenvalue weighted by Crippen LogP contribution is 2.42. The lowest BCUT2D eigenvalue weighted by Gasteiger charge is -2.38. The van der Waals surface area contributed by atoms with E-state index in [1.54, 1.807) is 13.8 Å². The van der Waals surface area contributed by atoms with Crippen molar-refractivity contribution in [1.82, 2.24) is 14.5 Å². The van der Waals surface area contributed by atoms with Crippen LogP contribution >= 0.6 is 0 Å². The zero-order valence-corrected chi connectivity index (χ0v) is 18.6. The predicted octanol–water partition coefficient (Wildman–Crippen LogP) is 5.13. The van der Waals surface area contributed by atoms with Gasteiger partial charge in [0.2, 0.25) is 0 Å². The number of rotatable bonds is 5. The van der Waals surface area contributed by atoms with Crippen LogP contribution in [0.2, 0.25) is 0 Å². The van der Waals surface area contributed by atoms with Crippen molar-refractivity contribution in [3.8, 4) is 0 Å². The smallest absolute Gasteiger partial charge is 0.158 e. The SMILES string of the molecule is CC(=O)C1=C(C)N(Cn2c(C)nc3ccccc32)C(C)=C(C(C)=O)C1c1ccccc1. The maximum atomic E-state index is 12.9. The van der Waals surface area contributed by atoms with Crippen molar-refractivity contribution in [2.75, 3.05) is 0 Å². The fraction of sp³-hybridized carbons (Fsp3) is 0.269. The fourth-order valence-corrected chi connectivity index (χ4v) is 4.73. The molecule has 0 bridgehead atoms. The Morgan fingerprint density at radius 2 is 1.39 bits per heavy atom. The van der Waals surface area contributed by atoms with Crippen LogP contribution in [-0.4, -0.2) is 26.0 Å². The Balaban J connectivity index is 1.90. The van der Waals surface area contributed by atoms with E-state index in [1.807, 2.05) is 75.4 Å². The quantitative estimate of drug-likeness (QED) is 0.582. The predicted molar refractivity (Wildman–Crippen MR) is 122 cm³/mol. The fourth-order valence-electron chi connectivity index (χ4n) is 4.73. The zero-order valence-electron chi connectivity index (χ0n) is 18.6. The molecule has 0 amide bonds. The number of carbonyl (C=O) groups is 2. The van der Waals surface area contributed by atoms with Crippen LogP contribution in [0.25, 0.3) is 11.0 Å². The van der Waals surface area contributed by atoms with Gasteiger partial charge in [-0.3, -0.25) is 9.59 Å². The number of ketones is 2. The first-order valence-electron chi connectivity index (χ1n) is 10.5. The minimum Gasteiger partial charge on any atom is -0.330 e. The lowest BCUT2D eigenvalue weighted by molar-refractivity contribution is -0.114. The van der Waals surface area contributed by atoms with Crippen LogP contribution in [0, 0.1) is 6.92 Å². The highest BCUT2D eigenvalue weighted by molar-refractivity contribution is 6.03. The summed E-state index contributed by atoms with van der Waals surface area (Å²) in [5.41, 5.74) is 6.01. The maximum absolute atomic E-state index is 12.9. The van der Waals surface area contributed by atoms with Crippen molar-refractivity contribution >= 4 is 22.6 Å². The highest BCUT2D eigenvalue weighted by Gasteiger charge is 2.36. The largest absolute Gasteiger partial charge is 0.330 e. The number of hydrogen-bond acceptors (Lipinski definition) is 4. The average molecular weight is 414 g/mol. The molecule has 2 aromatic carbocycles. The number of aryl methyl sites for hydroxylation is 1. The van der Waals surface area contributed by atoms with Crippen molar-refractivity contribution in [2.24, 2.45) is 0 Å². The van der Waals surface area contributed by atoms with Gasteiger partial charge in [0, 0.05) is 28.5 Å². The second kappa shape index (κ2) is 7.99. The second-order valence-electron chi connectivity index (χ2n) is 8.10. The van der Waals surface area contributed by atoms with E-state index in [0.29, 0.717) is 17.8 Å². The number of carbonyl (C=O) groups excluding carboxylic acids is 2. The summed E-state index contributed by atoms with van der Waals surface area (Å²) in [6.07, 6.45) is 0. The van der Waals surface area contributed by atoms with Gasteiger partial charge in [-0.2, -0.15) is 0 Å². The molecule has 0 saturated heterocycles. The lowest BCUT2D eigenvalue weighted by Crippen LogP contribution is -2.34. The Bertz CT molecular complexity index is 1210. The van der Waals surface area contributed by atoms with E-state index in [9.17, 15) is 9.59 Å². The molecule has 0 saturated carbocycles. The number of imidazole rings is 1. The first-order chi connectivity index (χ1) is 14.8. The van der Waals surface area contributed by atoms with Crippen LogP contribution in [0.1, 0.15) is 45.0 Å². The molecule has 4 rings (SSSR count). The van der Waals surface area contributed by atoms with E-state index in [2.05, 4.69) is 14.5 Å². The first kappa shape index (κ1) is 20.8. The number of benzene rings is 2. The van der Waals surface area contributed by atoms with Crippen molar-refractivity contribution in [1.29, 1.82) is 0 Å². The zero-order chi connectivity index (χ0) is 22.3. The molecule has 2 heterocycles. The molecule has 0 atom stereocenters. The third-order valence-corrected chi connectivity index (χ3v) is 6.19. The molecule has 1 aliphatic heterocycles. The normalized spacial score (nSPS) is 15.2. The molecule has 0 radical (unpaired) electrons. The van der Waals surface area contributed by atoms with Crippen molar-refractivity contribution in [2.45, 2.75) is 47.2 Å². The summed E-state index contributed by atoms with van der Waals surface area (Å²) in [4.78, 5) is 32.5. The van der Waals surface area contributed by atoms with Gasteiger partial charge in [0.25, 0.3) is 0 Å². The first-order valence-corrected chi connectivity index (χ1v) is 10.5. The average Bonchev–Trinajstić information content (AvgIpc) is 3.05. The number of aromatic nitrogens is 2. The Kier molecular flexibility index (Phi) is 5.36. The summed E-state index contributed by atoms with van der Waals surface area (Å²) in [6, 6.07) is 17.8. The van der Waals surface area contributed by atoms with Gasteiger partial charge >= 0.3 is 0 Å². The summed E-state index contributed by atoms with van der Waals surface area (Å²) in [5, 5.41) is 0. The molecule has 31 heavy (non-hydrogen) atoms. The summed E-state index contributed by atoms with van der Waals surface area (Å²) in [5.74, 6) is 0.499. The van der Waals surface area contributed by atoms with Crippen molar-refractivity contribution < 1.29 is 9.59 Å². The van der Waals surface area contributed by atoms with E-state index in [4.69, 9.17) is 0 Å². The van der Waals surface area contributed by atoms with Gasteiger partial charge in [-0.25, -0.2) is 4.98 Å². The van der Waals surface area contributed by atoms with E-state index in [0.717, 1.165) is 33.8 Å². The van der Waals surface area contributed by atoms with E-state index in [-0.39, 0.29) is 17.5 Å². The van der Waals surface area contributed by atoms with Gasteiger partial charge in [-0.1, -0.05) is 42.5 Å². The number of hydrogen-bond donors (Lipinski definition) is 0. The molecule has 0 fully saturated rings. The lowest BCUT2D eigenvalue weighted by atomic mass is 9.77. The Morgan fingerprint density at radius 3 is 1.97 bits per heavy atom. The number of allylic oxidation sites excluding steroid dienone is 4. The standard InChI is InChI=1S/C26H27N3O2/c1-16-24(18(3)30)26(21-11-7-6-8-12-21)25(19(4)31)17(2)28(16)15-29-20(5)27-22-13-9-10-14-23(22)29/h6-14,26H,15H2,1-5H3. The number of para-hydroxylation sites is 2. The molecule has 5 heteroatoms. The number of nitrogens with zero attached hydrogens (tertiary/aromatic N) is 3. The molecule has 1 aliphatic rings. The van der Waals surface area contributed by atoms with Crippen LogP contribution in [0.15, 0.2) is 77.1 Å². The molecule has 0 aliphatic carbocycles. The van der Waals surface area contributed by atoms with Gasteiger partial charge in [0.15, 0.2) is 11.6 Å². The molecular weight excluding hydrogens is 386 g/mol. The Hall–Kier alpha value is -3.47. The van der Waals surface area contributed by atoms with E-state index >= 15 is 0 Å². The van der Waals surface area contributed by atoms with Gasteiger partial charge in [-0.05, 0) is 52.3 Å². The summed E-state index contributed by atoms with van der Waals surface area (Å²) in [6.45, 7) is 9.58. The Labute approximate surface area is 182 Å². The summed E-state index contributed by atoms with van der Waals surface area (Å²) >= 11 is 0. The van der Waals surface area contributed by atoms with Crippen molar-refractivity contribution in [3.05, 3.63) is 88.5 Å². The molecule has 5 nitrogen and oxygen atoms in total.